The Bertz CT molecular complexity index is 990. The highest BCUT2D eigenvalue weighted by atomic mass is 35.5. The molecule has 1 unspecified atom stereocenters. The highest BCUT2D eigenvalue weighted by Gasteiger charge is 2.32. The van der Waals surface area contributed by atoms with Gasteiger partial charge in [0.1, 0.15) is 0 Å². The first-order valence-electron chi connectivity index (χ1n) is 9.10. The maximum absolute atomic E-state index is 6.74. The standard InChI is InChI=1S/C23H21ClN2O2/c1-27-21-14-13-18(22(24)23(21)28-2)20-15-19(16-9-5-3-6-10-16)25-26(20)17-11-7-4-8-12-17/h3-14,20H,15H2,1-2H3. The van der Waals surface area contributed by atoms with E-state index < -0.39 is 0 Å². The molecule has 1 atom stereocenters. The van der Waals surface area contributed by atoms with Crippen LogP contribution in [-0.4, -0.2) is 19.9 Å². The third kappa shape index (κ3) is 3.32. The van der Waals surface area contributed by atoms with Gasteiger partial charge >= 0.3 is 0 Å². The van der Waals surface area contributed by atoms with Crippen molar-refractivity contribution in [3.8, 4) is 11.5 Å². The fourth-order valence-electron chi connectivity index (χ4n) is 3.54. The fraction of sp³-hybridized carbons (Fsp3) is 0.174. The second-order valence-electron chi connectivity index (χ2n) is 6.52. The molecule has 3 aromatic rings. The van der Waals surface area contributed by atoms with Crippen LogP contribution in [0.4, 0.5) is 5.69 Å². The smallest absolute Gasteiger partial charge is 0.179 e. The molecular weight excluding hydrogens is 372 g/mol. The van der Waals surface area contributed by atoms with E-state index in [1.54, 1.807) is 14.2 Å². The molecule has 0 radical (unpaired) electrons. The lowest BCUT2D eigenvalue weighted by molar-refractivity contribution is 0.354. The van der Waals surface area contributed by atoms with Crippen molar-refractivity contribution in [2.24, 2.45) is 5.10 Å². The van der Waals surface area contributed by atoms with E-state index in [0.29, 0.717) is 16.5 Å². The number of nitrogens with zero attached hydrogens (tertiary/aromatic N) is 2. The minimum absolute atomic E-state index is 0.0371. The first kappa shape index (κ1) is 18.4. The summed E-state index contributed by atoms with van der Waals surface area (Å²) in [5.74, 6) is 1.16. The lowest BCUT2D eigenvalue weighted by Crippen LogP contribution is -2.19. The van der Waals surface area contributed by atoms with Crippen LogP contribution in [0.25, 0.3) is 0 Å². The number of methoxy groups -OCH3 is 2. The summed E-state index contributed by atoms with van der Waals surface area (Å²) in [5.41, 5.74) is 4.12. The number of halogens is 1. The molecule has 1 heterocycles. The molecule has 28 heavy (non-hydrogen) atoms. The maximum atomic E-state index is 6.74. The van der Waals surface area contributed by atoms with Gasteiger partial charge in [-0.3, -0.25) is 5.01 Å². The van der Waals surface area contributed by atoms with Gasteiger partial charge in [0.05, 0.1) is 36.7 Å². The summed E-state index contributed by atoms with van der Waals surface area (Å²) in [6, 6.07) is 24.2. The van der Waals surface area contributed by atoms with Crippen LogP contribution in [0.15, 0.2) is 77.9 Å². The van der Waals surface area contributed by atoms with Gasteiger partial charge in [0, 0.05) is 6.42 Å². The van der Waals surface area contributed by atoms with Crippen molar-refractivity contribution in [2.45, 2.75) is 12.5 Å². The maximum Gasteiger partial charge on any atom is 0.179 e. The SMILES string of the molecule is COc1ccc(C2CC(c3ccccc3)=NN2c2ccccc2)c(Cl)c1OC. The molecule has 4 rings (SSSR count). The highest BCUT2D eigenvalue weighted by molar-refractivity contribution is 6.33. The summed E-state index contributed by atoms with van der Waals surface area (Å²) in [4.78, 5) is 0. The minimum atomic E-state index is -0.0371. The van der Waals surface area contributed by atoms with Crippen molar-refractivity contribution in [3.05, 3.63) is 88.9 Å². The van der Waals surface area contributed by atoms with Crippen LogP contribution in [-0.2, 0) is 0 Å². The summed E-state index contributed by atoms with van der Waals surface area (Å²) in [5, 5.41) is 7.54. The third-order valence-electron chi connectivity index (χ3n) is 4.91. The summed E-state index contributed by atoms with van der Waals surface area (Å²) in [7, 11) is 3.21. The van der Waals surface area contributed by atoms with Gasteiger partial charge in [-0.05, 0) is 29.3 Å². The monoisotopic (exact) mass is 392 g/mol. The second kappa shape index (κ2) is 7.95. The van der Waals surface area contributed by atoms with Crippen molar-refractivity contribution in [2.75, 3.05) is 19.2 Å². The Morgan fingerprint density at radius 1 is 0.893 bits per heavy atom. The number of anilines is 1. The molecule has 142 valence electrons. The normalized spacial score (nSPS) is 16.0. The molecule has 4 nitrogen and oxygen atoms in total. The molecular formula is C23H21ClN2O2. The first-order chi connectivity index (χ1) is 13.7. The van der Waals surface area contributed by atoms with Gasteiger partial charge in [0.25, 0.3) is 0 Å². The van der Waals surface area contributed by atoms with Crippen molar-refractivity contribution in [3.63, 3.8) is 0 Å². The van der Waals surface area contributed by atoms with Crippen molar-refractivity contribution in [1.82, 2.24) is 0 Å². The number of rotatable bonds is 5. The predicted octanol–water partition coefficient (Wildman–Crippen LogP) is 5.71. The van der Waals surface area contributed by atoms with Crippen LogP contribution in [0.2, 0.25) is 5.02 Å². The molecule has 0 N–H and O–H groups in total. The minimum Gasteiger partial charge on any atom is -0.493 e. The Hall–Kier alpha value is -2.98. The molecule has 0 saturated carbocycles. The lowest BCUT2D eigenvalue weighted by atomic mass is 9.97. The molecule has 0 saturated heterocycles. The van der Waals surface area contributed by atoms with Gasteiger partial charge < -0.3 is 9.47 Å². The topological polar surface area (TPSA) is 34.1 Å². The molecule has 3 aromatic carbocycles. The van der Waals surface area contributed by atoms with Crippen LogP contribution in [0, 0.1) is 0 Å². The quantitative estimate of drug-likeness (QED) is 0.557. The van der Waals surface area contributed by atoms with E-state index in [0.717, 1.165) is 28.9 Å². The molecule has 0 amide bonds. The van der Waals surface area contributed by atoms with E-state index in [1.807, 2.05) is 53.5 Å². The Morgan fingerprint density at radius 3 is 2.21 bits per heavy atom. The van der Waals surface area contributed by atoms with Crippen molar-refractivity contribution in [1.29, 1.82) is 0 Å². The average Bonchev–Trinajstić information content (AvgIpc) is 3.20. The molecule has 0 aromatic heterocycles. The molecule has 0 fully saturated rings. The lowest BCUT2D eigenvalue weighted by Gasteiger charge is -2.25. The van der Waals surface area contributed by atoms with Gasteiger partial charge in [-0.2, -0.15) is 5.10 Å². The van der Waals surface area contributed by atoms with Crippen LogP contribution < -0.4 is 14.5 Å². The number of hydrazone groups is 1. The van der Waals surface area contributed by atoms with E-state index >= 15 is 0 Å². The van der Waals surface area contributed by atoms with Crippen LogP contribution in [0.3, 0.4) is 0 Å². The molecule has 0 spiro atoms. The average molecular weight is 393 g/mol. The molecule has 0 aliphatic carbocycles. The summed E-state index contributed by atoms with van der Waals surface area (Å²) in [6.45, 7) is 0. The third-order valence-corrected chi connectivity index (χ3v) is 5.30. The highest BCUT2D eigenvalue weighted by Crippen LogP contribution is 2.45. The predicted molar refractivity (Wildman–Crippen MR) is 114 cm³/mol. The summed E-state index contributed by atoms with van der Waals surface area (Å²) < 4.78 is 10.9. The number of para-hydroxylation sites is 1. The largest absolute Gasteiger partial charge is 0.493 e. The van der Waals surface area contributed by atoms with E-state index in [1.165, 1.54) is 0 Å². The van der Waals surface area contributed by atoms with E-state index in [2.05, 4.69) is 24.3 Å². The number of hydrogen-bond donors (Lipinski definition) is 0. The number of benzene rings is 3. The van der Waals surface area contributed by atoms with Gasteiger partial charge in [-0.1, -0.05) is 66.2 Å². The van der Waals surface area contributed by atoms with Crippen molar-refractivity contribution < 1.29 is 9.47 Å². The van der Waals surface area contributed by atoms with Crippen LogP contribution in [0.5, 0.6) is 11.5 Å². The van der Waals surface area contributed by atoms with Gasteiger partial charge in [0.2, 0.25) is 0 Å². The van der Waals surface area contributed by atoms with Gasteiger partial charge in [0.15, 0.2) is 11.5 Å². The number of ether oxygens (including phenoxy) is 2. The zero-order valence-electron chi connectivity index (χ0n) is 15.8. The summed E-state index contributed by atoms with van der Waals surface area (Å²) >= 11 is 6.74. The fourth-order valence-corrected chi connectivity index (χ4v) is 3.90. The zero-order valence-corrected chi connectivity index (χ0v) is 16.6. The Kier molecular flexibility index (Phi) is 5.22. The van der Waals surface area contributed by atoms with E-state index in [9.17, 15) is 0 Å². The molecule has 0 bridgehead atoms. The van der Waals surface area contributed by atoms with Crippen LogP contribution in [0.1, 0.15) is 23.6 Å². The Balaban J connectivity index is 1.80. The van der Waals surface area contributed by atoms with Gasteiger partial charge in [-0.25, -0.2) is 0 Å². The molecule has 1 aliphatic rings. The second-order valence-corrected chi connectivity index (χ2v) is 6.90. The van der Waals surface area contributed by atoms with E-state index in [-0.39, 0.29) is 6.04 Å². The Morgan fingerprint density at radius 2 is 1.57 bits per heavy atom. The van der Waals surface area contributed by atoms with Crippen LogP contribution >= 0.6 is 11.6 Å². The summed E-state index contributed by atoms with van der Waals surface area (Å²) in [6.07, 6.45) is 0.744. The number of hydrogen-bond acceptors (Lipinski definition) is 4. The Labute approximate surface area is 170 Å². The zero-order chi connectivity index (χ0) is 19.5. The molecule has 5 heteroatoms. The molecule has 1 aliphatic heterocycles. The first-order valence-corrected chi connectivity index (χ1v) is 9.48. The van der Waals surface area contributed by atoms with Crippen molar-refractivity contribution >= 4 is 23.0 Å². The van der Waals surface area contributed by atoms with Gasteiger partial charge in [-0.15, -0.1) is 0 Å². The van der Waals surface area contributed by atoms with E-state index in [4.69, 9.17) is 26.2 Å².